The molecule has 0 atom stereocenters. The summed E-state index contributed by atoms with van der Waals surface area (Å²) in [5, 5.41) is 3.01. The van der Waals surface area contributed by atoms with Gasteiger partial charge in [-0.2, -0.15) is 0 Å². The maximum Gasteiger partial charge on any atom is 0.238 e. The van der Waals surface area contributed by atoms with Gasteiger partial charge in [0.1, 0.15) is 0 Å². The van der Waals surface area contributed by atoms with Crippen LogP contribution >= 0.6 is 27.3 Å². The van der Waals surface area contributed by atoms with Gasteiger partial charge in [-0.3, -0.25) is 9.69 Å². The van der Waals surface area contributed by atoms with E-state index in [1.54, 1.807) is 11.3 Å². The fourth-order valence-electron chi connectivity index (χ4n) is 3.07. The molecule has 0 spiro atoms. The van der Waals surface area contributed by atoms with Crippen molar-refractivity contribution < 1.29 is 4.79 Å². The SMILES string of the molecule is CCN(CC(=O)Nc1ccc(N2CCCC2)cc1)Cc1ccc(Br)s1. The zero-order chi connectivity index (χ0) is 17.6. The van der Waals surface area contributed by atoms with Crippen LogP contribution in [0.2, 0.25) is 0 Å². The number of hydrogen-bond acceptors (Lipinski definition) is 4. The Morgan fingerprint density at radius 1 is 1.20 bits per heavy atom. The molecule has 0 radical (unpaired) electrons. The van der Waals surface area contributed by atoms with Crippen molar-refractivity contribution in [3.63, 3.8) is 0 Å². The molecule has 6 heteroatoms. The first-order chi connectivity index (χ1) is 12.1. The highest BCUT2D eigenvalue weighted by Gasteiger charge is 2.13. The van der Waals surface area contributed by atoms with E-state index in [-0.39, 0.29) is 5.91 Å². The number of rotatable bonds is 7. The summed E-state index contributed by atoms with van der Waals surface area (Å²) in [4.78, 5) is 18.1. The Hall–Kier alpha value is -1.37. The van der Waals surface area contributed by atoms with Gasteiger partial charge < -0.3 is 10.2 Å². The van der Waals surface area contributed by atoms with Crippen LogP contribution in [-0.4, -0.2) is 37.0 Å². The van der Waals surface area contributed by atoms with Gasteiger partial charge in [0.2, 0.25) is 5.91 Å². The van der Waals surface area contributed by atoms with Crippen LogP contribution in [-0.2, 0) is 11.3 Å². The molecule has 4 nitrogen and oxygen atoms in total. The number of halogens is 1. The van der Waals surface area contributed by atoms with Crippen molar-refractivity contribution in [1.82, 2.24) is 4.90 Å². The summed E-state index contributed by atoms with van der Waals surface area (Å²) in [6.45, 7) is 6.40. The molecule has 25 heavy (non-hydrogen) atoms. The number of anilines is 2. The summed E-state index contributed by atoms with van der Waals surface area (Å²) in [5.41, 5.74) is 2.11. The highest BCUT2D eigenvalue weighted by Crippen LogP contribution is 2.24. The molecule has 0 aliphatic carbocycles. The highest BCUT2D eigenvalue weighted by atomic mass is 79.9. The molecule has 1 fully saturated rings. The smallest absolute Gasteiger partial charge is 0.238 e. The second kappa shape index (κ2) is 8.83. The Morgan fingerprint density at radius 3 is 2.52 bits per heavy atom. The summed E-state index contributed by atoms with van der Waals surface area (Å²) in [6.07, 6.45) is 2.54. The summed E-state index contributed by atoms with van der Waals surface area (Å²) < 4.78 is 1.13. The van der Waals surface area contributed by atoms with E-state index < -0.39 is 0 Å². The van der Waals surface area contributed by atoms with Crippen LogP contribution in [0.25, 0.3) is 0 Å². The van der Waals surface area contributed by atoms with E-state index in [4.69, 9.17) is 0 Å². The number of benzene rings is 1. The predicted molar refractivity (Wildman–Crippen MR) is 109 cm³/mol. The molecular formula is C19H24BrN3OS. The van der Waals surface area contributed by atoms with E-state index in [1.807, 2.05) is 12.1 Å². The van der Waals surface area contributed by atoms with E-state index >= 15 is 0 Å². The zero-order valence-corrected chi connectivity index (χ0v) is 16.9. The maximum atomic E-state index is 12.3. The van der Waals surface area contributed by atoms with Crippen LogP contribution in [0.4, 0.5) is 11.4 Å². The van der Waals surface area contributed by atoms with Gasteiger partial charge in [-0.25, -0.2) is 0 Å². The molecule has 1 aliphatic heterocycles. The molecule has 1 aromatic carbocycles. The number of hydrogen-bond donors (Lipinski definition) is 1. The van der Waals surface area contributed by atoms with Crippen molar-refractivity contribution in [3.05, 3.63) is 45.1 Å². The predicted octanol–water partition coefficient (Wildman–Crippen LogP) is 4.57. The zero-order valence-electron chi connectivity index (χ0n) is 14.5. The van der Waals surface area contributed by atoms with E-state index in [9.17, 15) is 4.79 Å². The van der Waals surface area contributed by atoms with Crippen molar-refractivity contribution in [2.45, 2.75) is 26.3 Å². The molecule has 0 saturated carbocycles. The first-order valence-corrected chi connectivity index (χ1v) is 10.4. The van der Waals surface area contributed by atoms with Gasteiger partial charge in [0.15, 0.2) is 0 Å². The van der Waals surface area contributed by atoms with Crippen LogP contribution in [0.3, 0.4) is 0 Å². The van der Waals surface area contributed by atoms with E-state index in [0.717, 1.165) is 35.7 Å². The molecule has 134 valence electrons. The van der Waals surface area contributed by atoms with Gasteiger partial charge in [0.25, 0.3) is 0 Å². The number of amides is 1. The number of carbonyl (C=O) groups excluding carboxylic acids is 1. The molecule has 0 bridgehead atoms. The quantitative estimate of drug-likeness (QED) is 0.710. The number of thiophene rings is 1. The fourth-order valence-corrected chi connectivity index (χ4v) is 4.60. The Labute approximate surface area is 162 Å². The fraction of sp³-hybridized carbons (Fsp3) is 0.421. The molecule has 2 heterocycles. The molecular weight excluding hydrogens is 398 g/mol. The minimum Gasteiger partial charge on any atom is -0.372 e. The Balaban J connectivity index is 1.52. The number of nitrogens with zero attached hydrogens (tertiary/aromatic N) is 2. The average Bonchev–Trinajstić information content (AvgIpc) is 3.27. The monoisotopic (exact) mass is 421 g/mol. The third kappa shape index (κ3) is 5.30. The minimum absolute atomic E-state index is 0.0337. The van der Waals surface area contributed by atoms with Gasteiger partial charge in [-0.1, -0.05) is 6.92 Å². The molecule has 1 amide bonds. The lowest BCUT2D eigenvalue weighted by molar-refractivity contribution is -0.117. The van der Waals surface area contributed by atoms with Gasteiger partial charge in [-0.15, -0.1) is 11.3 Å². The largest absolute Gasteiger partial charge is 0.372 e. The van der Waals surface area contributed by atoms with Crippen molar-refractivity contribution >= 4 is 44.5 Å². The Morgan fingerprint density at radius 2 is 1.92 bits per heavy atom. The van der Waals surface area contributed by atoms with Crippen molar-refractivity contribution in [3.8, 4) is 0 Å². The third-order valence-corrected chi connectivity index (χ3v) is 6.05. The standard InChI is InChI=1S/C19H24BrN3OS/c1-2-22(13-17-9-10-18(20)25-17)14-19(24)21-15-5-7-16(8-6-15)23-11-3-4-12-23/h5-10H,2-4,11-14H2,1H3,(H,21,24). The van der Waals surface area contributed by atoms with Gasteiger partial charge in [0.05, 0.1) is 10.3 Å². The lowest BCUT2D eigenvalue weighted by Gasteiger charge is -2.20. The summed E-state index contributed by atoms with van der Waals surface area (Å²) >= 11 is 5.20. The highest BCUT2D eigenvalue weighted by molar-refractivity contribution is 9.11. The van der Waals surface area contributed by atoms with Crippen LogP contribution in [0, 0.1) is 0 Å². The van der Waals surface area contributed by atoms with Crippen molar-refractivity contribution in [1.29, 1.82) is 0 Å². The number of carbonyl (C=O) groups is 1. The van der Waals surface area contributed by atoms with Gasteiger partial charge >= 0.3 is 0 Å². The summed E-state index contributed by atoms with van der Waals surface area (Å²) in [7, 11) is 0. The third-order valence-electron chi connectivity index (χ3n) is 4.45. The molecule has 0 unspecified atom stereocenters. The molecule has 1 N–H and O–H groups in total. The number of likely N-dealkylation sites (N-methyl/N-ethyl adjacent to an activating group) is 1. The van der Waals surface area contributed by atoms with E-state index in [0.29, 0.717) is 6.54 Å². The first kappa shape index (κ1) is 18.4. The second-order valence-corrected chi connectivity index (χ2v) is 8.85. The van der Waals surface area contributed by atoms with Gasteiger partial charge in [0, 0.05) is 35.9 Å². The van der Waals surface area contributed by atoms with Crippen LogP contribution in [0.1, 0.15) is 24.6 Å². The topological polar surface area (TPSA) is 35.6 Å². The van der Waals surface area contributed by atoms with Crippen LogP contribution < -0.4 is 10.2 Å². The molecule has 1 aromatic heterocycles. The molecule has 3 rings (SSSR count). The Kier molecular flexibility index (Phi) is 6.51. The van der Waals surface area contributed by atoms with Crippen molar-refractivity contribution in [2.24, 2.45) is 0 Å². The minimum atomic E-state index is 0.0337. The van der Waals surface area contributed by atoms with E-state index in [1.165, 1.54) is 23.4 Å². The van der Waals surface area contributed by atoms with Gasteiger partial charge in [-0.05, 0) is 71.7 Å². The lowest BCUT2D eigenvalue weighted by atomic mass is 10.2. The van der Waals surface area contributed by atoms with Crippen molar-refractivity contribution in [2.75, 3.05) is 36.4 Å². The summed E-state index contributed by atoms with van der Waals surface area (Å²) in [5.74, 6) is 0.0337. The lowest BCUT2D eigenvalue weighted by Crippen LogP contribution is -2.32. The Bertz CT molecular complexity index is 695. The van der Waals surface area contributed by atoms with Crippen LogP contribution in [0.15, 0.2) is 40.2 Å². The first-order valence-electron chi connectivity index (χ1n) is 8.75. The molecule has 1 aliphatic rings. The second-order valence-electron chi connectivity index (χ2n) is 6.30. The van der Waals surface area contributed by atoms with Crippen LogP contribution in [0.5, 0.6) is 0 Å². The summed E-state index contributed by atoms with van der Waals surface area (Å²) in [6, 6.07) is 12.3. The average molecular weight is 422 g/mol. The maximum absolute atomic E-state index is 12.3. The molecule has 1 saturated heterocycles. The van der Waals surface area contributed by atoms with E-state index in [2.05, 4.69) is 62.2 Å². The number of nitrogens with one attached hydrogen (secondary N) is 1. The molecule has 2 aromatic rings. The normalized spacial score (nSPS) is 14.3.